The van der Waals surface area contributed by atoms with Crippen molar-refractivity contribution in [2.45, 2.75) is 65.8 Å². The molecule has 0 saturated carbocycles. The molecule has 6 heteroatoms. The molecule has 1 aliphatic heterocycles. The third-order valence-electron chi connectivity index (χ3n) is 5.80. The summed E-state index contributed by atoms with van der Waals surface area (Å²) < 4.78 is 5.79. The number of unbranched alkanes of at least 4 members (excludes halogenated alkanes) is 1. The highest BCUT2D eigenvalue weighted by Gasteiger charge is 2.46. The Hall–Kier alpha value is -2.60. The summed E-state index contributed by atoms with van der Waals surface area (Å²) in [6.07, 6.45) is 1.71. The van der Waals surface area contributed by atoms with Crippen molar-refractivity contribution < 1.29 is 19.4 Å². The van der Waals surface area contributed by atoms with Crippen molar-refractivity contribution in [1.82, 2.24) is 4.90 Å². The van der Waals surface area contributed by atoms with Gasteiger partial charge in [-0.25, -0.2) is 0 Å². The Balaban J connectivity index is 2.19. The van der Waals surface area contributed by atoms with Gasteiger partial charge in [0.25, 0.3) is 11.7 Å². The Bertz CT molecular complexity index is 1040. The molecule has 0 aliphatic carbocycles. The van der Waals surface area contributed by atoms with E-state index < -0.39 is 17.7 Å². The van der Waals surface area contributed by atoms with Crippen LogP contribution in [0.3, 0.4) is 0 Å². The molecule has 172 valence electrons. The summed E-state index contributed by atoms with van der Waals surface area (Å²) in [6.45, 7) is 13.2. The lowest BCUT2D eigenvalue weighted by Crippen LogP contribution is -2.30. The molecule has 0 radical (unpaired) electrons. The molecule has 1 unspecified atom stereocenters. The van der Waals surface area contributed by atoms with Gasteiger partial charge in [-0.15, -0.1) is 11.3 Å². The van der Waals surface area contributed by atoms with Crippen molar-refractivity contribution in [3.63, 3.8) is 0 Å². The predicted octanol–water partition coefficient (Wildman–Crippen LogP) is 5.97. The zero-order valence-electron chi connectivity index (χ0n) is 19.8. The molecule has 2 heterocycles. The van der Waals surface area contributed by atoms with Gasteiger partial charge in [-0.1, -0.05) is 34.1 Å². The number of hydrogen-bond acceptors (Lipinski definition) is 5. The fourth-order valence-corrected chi connectivity index (χ4v) is 5.12. The third kappa shape index (κ3) is 4.46. The molecule has 0 spiro atoms. The van der Waals surface area contributed by atoms with Crippen molar-refractivity contribution in [3.05, 3.63) is 56.8 Å². The average molecular weight is 456 g/mol. The second kappa shape index (κ2) is 9.49. The zero-order valence-corrected chi connectivity index (χ0v) is 20.6. The van der Waals surface area contributed by atoms with Crippen molar-refractivity contribution in [3.8, 4) is 5.75 Å². The quantitative estimate of drug-likeness (QED) is 0.317. The van der Waals surface area contributed by atoms with E-state index in [4.69, 9.17) is 4.74 Å². The number of ketones is 1. The Morgan fingerprint density at radius 3 is 2.47 bits per heavy atom. The zero-order chi connectivity index (χ0) is 23.6. The average Bonchev–Trinajstić information content (AvgIpc) is 3.26. The minimum absolute atomic E-state index is 0.131. The summed E-state index contributed by atoms with van der Waals surface area (Å²) in [5.41, 5.74) is 2.41. The van der Waals surface area contributed by atoms with Gasteiger partial charge in [0, 0.05) is 22.5 Å². The highest BCUT2D eigenvalue weighted by Crippen LogP contribution is 2.43. The number of aliphatic hydroxyl groups excluding tert-OH is 1. The Morgan fingerprint density at radius 1 is 1.19 bits per heavy atom. The lowest BCUT2D eigenvalue weighted by Gasteiger charge is -2.25. The SMILES string of the molecule is CCCCN1C(=O)C(=O)/C(=C(\O)c2ccc(OCC)c(C(C)(C)C)c2)C1c1sccc1C. The number of Topliss-reactive ketones (excluding diaryl/α,β-unsaturated/α-hetero) is 1. The van der Waals surface area contributed by atoms with Crippen molar-refractivity contribution >= 4 is 28.8 Å². The third-order valence-corrected chi connectivity index (χ3v) is 6.87. The van der Waals surface area contributed by atoms with E-state index >= 15 is 0 Å². The summed E-state index contributed by atoms with van der Waals surface area (Å²) in [7, 11) is 0. The minimum atomic E-state index is -0.623. The van der Waals surface area contributed by atoms with Crippen LogP contribution in [0.1, 0.15) is 75.1 Å². The first kappa shape index (κ1) is 24.1. The van der Waals surface area contributed by atoms with Crippen LogP contribution in [0.4, 0.5) is 0 Å². The van der Waals surface area contributed by atoms with Crippen molar-refractivity contribution in [2.24, 2.45) is 0 Å². The van der Waals surface area contributed by atoms with Crippen LogP contribution < -0.4 is 4.74 Å². The summed E-state index contributed by atoms with van der Waals surface area (Å²) >= 11 is 1.51. The van der Waals surface area contributed by atoms with Crippen LogP contribution >= 0.6 is 11.3 Å². The van der Waals surface area contributed by atoms with Crippen LogP contribution in [0.25, 0.3) is 5.76 Å². The predicted molar refractivity (Wildman–Crippen MR) is 129 cm³/mol. The van der Waals surface area contributed by atoms with Gasteiger partial charge >= 0.3 is 0 Å². The van der Waals surface area contributed by atoms with Crippen molar-refractivity contribution in [1.29, 1.82) is 0 Å². The largest absolute Gasteiger partial charge is 0.507 e. The molecule has 1 aliphatic rings. The molecule has 0 bridgehead atoms. The lowest BCUT2D eigenvalue weighted by atomic mass is 9.84. The van der Waals surface area contributed by atoms with E-state index in [9.17, 15) is 14.7 Å². The number of benzene rings is 1. The van der Waals surface area contributed by atoms with Crippen LogP contribution in [0.2, 0.25) is 0 Å². The molecule has 32 heavy (non-hydrogen) atoms. The van der Waals surface area contributed by atoms with E-state index in [-0.39, 0.29) is 16.7 Å². The highest BCUT2D eigenvalue weighted by atomic mass is 32.1. The van der Waals surface area contributed by atoms with E-state index in [1.807, 2.05) is 37.4 Å². The normalized spacial score (nSPS) is 18.4. The molecular weight excluding hydrogens is 422 g/mol. The summed E-state index contributed by atoms with van der Waals surface area (Å²) in [6, 6.07) is 6.88. The first-order valence-electron chi connectivity index (χ1n) is 11.2. The molecule has 1 N–H and O–H groups in total. The monoisotopic (exact) mass is 455 g/mol. The maximum absolute atomic E-state index is 13.1. The fourth-order valence-electron chi connectivity index (χ4n) is 4.08. The molecule has 1 aromatic heterocycles. The van der Waals surface area contributed by atoms with Crippen LogP contribution in [0.5, 0.6) is 5.75 Å². The van der Waals surface area contributed by atoms with E-state index in [0.717, 1.165) is 34.6 Å². The van der Waals surface area contributed by atoms with Gasteiger partial charge < -0.3 is 14.7 Å². The maximum atomic E-state index is 13.1. The second-order valence-electron chi connectivity index (χ2n) is 9.21. The lowest BCUT2D eigenvalue weighted by molar-refractivity contribution is -0.139. The standard InChI is InChI=1S/C26H33NO4S/c1-7-9-13-27-21(24-16(3)12-14-32-24)20(23(29)25(27)30)22(28)17-10-11-19(31-8-2)18(15-17)26(4,5)6/h10-12,14-15,21,28H,7-9,13H2,1-6H3/b22-20-. The molecule has 1 atom stereocenters. The van der Waals surface area contributed by atoms with Gasteiger partial charge in [-0.3, -0.25) is 9.59 Å². The number of likely N-dealkylation sites (tertiary alicyclic amines) is 1. The van der Waals surface area contributed by atoms with Crippen LogP contribution in [-0.2, 0) is 15.0 Å². The number of carbonyl (C=O) groups is 2. The summed E-state index contributed by atoms with van der Waals surface area (Å²) in [5, 5.41) is 13.3. The van der Waals surface area contributed by atoms with Gasteiger partial charge in [0.05, 0.1) is 18.2 Å². The summed E-state index contributed by atoms with van der Waals surface area (Å²) in [5.74, 6) is -0.540. The smallest absolute Gasteiger partial charge is 0.295 e. The van der Waals surface area contributed by atoms with Crippen molar-refractivity contribution in [2.75, 3.05) is 13.2 Å². The maximum Gasteiger partial charge on any atom is 0.295 e. The molecular formula is C26H33NO4S. The molecule has 1 fully saturated rings. The number of aryl methyl sites for hydroxylation is 1. The van der Waals surface area contributed by atoms with Gasteiger partial charge in [0.1, 0.15) is 11.5 Å². The Morgan fingerprint density at radius 2 is 1.91 bits per heavy atom. The summed E-state index contributed by atoms with van der Waals surface area (Å²) in [4.78, 5) is 28.6. The Kier molecular flexibility index (Phi) is 7.13. The van der Waals surface area contributed by atoms with E-state index in [1.54, 1.807) is 11.0 Å². The van der Waals surface area contributed by atoms with E-state index in [0.29, 0.717) is 18.7 Å². The number of hydrogen-bond donors (Lipinski definition) is 1. The fraction of sp³-hybridized carbons (Fsp3) is 0.462. The number of thiophene rings is 1. The van der Waals surface area contributed by atoms with Gasteiger partial charge in [-0.05, 0) is 60.9 Å². The molecule has 2 aromatic rings. The van der Waals surface area contributed by atoms with E-state index in [1.165, 1.54) is 11.3 Å². The molecule has 1 amide bonds. The minimum Gasteiger partial charge on any atom is -0.507 e. The highest BCUT2D eigenvalue weighted by molar-refractivity contribution is 7.10. The number of carbonyl (C=O) groups excluding carboxylic acids is 2. The number of aliphatic hydroxyl groups is 1. The molecule has 1 aromatic carbocycles. The van der Waals surface area contributed by atoms with Crippen LogP contribution in [-0.4, -0.2) is 34.8 Å². The first-order chi connectivity index (χ1) is 15.1. The second-order valence-corrected chi connectivity index (χ2v) is 10.2. The number of rotatable bonds is 7. The molecule has 3 rings (SSSR count). The van der Waals surface area contributed by atoms with Gasteiger partial charge in [0.15, 0.2) is 0 Å². The molecule has 1 saturated heterocycles. The van der Waals surface area contributed by atoms with Gasteiger partial charge in [0.2, 0.25) is 0 Å². The van der Waals surface area contributed by atoms with Crippen LogP contribution in [0.15, 0.2) is 35.2 Å². The van der Waals surface area contributed by atoms with Gasteiger partial charge in [-0.2, -0.15) is 0 Å². The number of ether oxygens (including phenoxy) is 1. The first-order valence-corrected chi connectivity index (χ1v) is 12.1. The van der Waals surface area contributed by atoms with Crippen LogP contribution in [0, 0.1) is 6.92 Å². The number of nitrogens with zero attached hydrogens (tertiary/aromatic N) is 1. The number of amides is 1. The topological polar surface area (TPSA) is 66.8 Å². The van der Waals surface area contributed by atoms with E-state index in [2.05, 4.69) is 27.7 Å². The molecule has 5 nitrogen and oxygen atoms in total. The Labute approximate surface area is 194 Å².